The van der Waals surface area contributed by atoms with E-state index in [2.05, 4.69) is 25.3 Å². The highest BCUT2D eigenvalue weighted by molar-refractivity contribution is 7.13. The molecule has 2 N–H and O–H groups in total. The van der Waals surface area contributed by atoms with Gasteiger partial charge in [-0.3, -0.25) is 28.9 Å². The minimum absolute atomic E-state index is 0.0119. The number of carbonyl (C=O) groups excluding carboxylic acids is 2. The Bertz CT molecular complexity index is 1520. The maximum atomic E-state index is 12.9. The van der Waals surface area contributed by atoms with Gasteiger partial charge in [-0.1, -0.05) is 11.6 Å². The lowest BCUT2D eigenvalue weighted by Gasteiger charge is -2.13. The summed E-state index contributed by atoms with van der Waals surface area (Å²) in [5, 5.41) is 5.54. The smallest absolute Gasteiger partial charge is 0.312 e. The Morgan fingerprint density at radius 3 is 2.76 bits per heavy atom. The average molecular weight is 488 g/mol. The van der Waals surface area contributed by atoms with Gasteiger partial charge in [-0.05, 0) is 26.8 Å². The van der Waals surface area contributed by atoms with Crippen LogP contribution in [-0.4, -0.2) is 40.8 Å². The lowest BCUT2D eigenvalue weighted by Crippen LogP contribution is -2.38. The number of aryl methyl sites for hydroxylation is 1. The number of ketones is 1. The Morgan fingerprint density at radius 2 is 2.06 bits per heavy atom. The minimum Gasteiger partial charge on any atom is -0.312 e. The lowest BCUT2D eigenvalue weighted by molar-refractivity contribution is -0.119. The molecule has 0 saturated carbocycles. The van der Waals surface area contributed by atoms with E-state index >= 15 is 0 Å². The molecule has 4 heterocycles. The molecule has 0 aliphatic carbocycles. The molecule has 33 heavy (non-hydrogen) atoms. The number of imidazole rings is 1. The van der Waals surface area contributed by atoms with Crippen LogP contribution in [0.1, 0.15) is 25.6 Å². The number of aromatic amines is 1. The van der Waals surface area contributed by atoms with Crippen LogP contribution in [0.4, 0.5) is 5.82 Å². The minimum atomic E-state index is -0.861. The number of thiazole rings is 1. The van der Waals surface area contributed by atoms with Crippen molar-refractivity contribution >= 4 is 51.6 Å². The van der Waals surface area contributed by atoms with E-state index in [1.54, 1.807) is 31.5 Å². The molecule has 0 fully saturated rings. The zero-order chi connectivity index (χ0) is 23.9. The molecule has 0 saturated heterocycles. The third-order valence-corrected chi connectivity index (χ3v) is 6.19. The molecule has 4 aromatic rings. The van der Waals surface area contributed by atoms with Gasteiger partial charge in [0.05, 0.1) is 23.6 Å². The number of nitrogens with zero attached hydrogens (tertiary/aromatic N) is 5. The first-order chi connectivity index (χ1) is 15.7. The predicted octanol–water partition coefficient (Wildman–Crippen LogP) is 2.16. The van der Waals surface area contributed by atoms with Crippen LogP contribution in [0, 0.1) is 6.92 Å². The second kappa shape index (κ2) is 8.71. The summed E-state index contributed by atoms with van der Waals surface area (Å²) < 4.78 is 2.12. The average Bonchev–Trinajstić information content (AvgIpc) is 3.39. The van der Waals surface area contributed by atoms with Gasteiger partial charge in [0.1, 0.15) is 22.7 Å². The second-order valence-electron chi connectivity index (χ2n) is 7.37. The second-order valence-corrected chi connectivity index (χ2v) is 8.63. The number of anilines is 1. The maximum absolute atomic E-state index is 12.9. The topological polar surface area (TPSA) is 145 Å². The van der Waals surface area contributed by atoms with Crippen LogP contribution >= 0.6 is 22.9 Å². The van der Waals surface area contributed by atoms with Gasteiger partial charge in [-0.15, -0.1) is 11.3 Å². The fourth-order valence-corrected chi connectivity index (χ4v) is 4.06. The Balaban J connectivity index is 1.61. The van der Waals surface area contributed by atoms with Crippen molar-refractivity contribution in [3.05, 3.63) is 55.5 Å². The number of aromatic nitrogens is 6. The van der Waals surface area contributed by atoms with Gasteiger partial charge >= 0.3 is 5.69 Å². The zero-order valence-electron chi connectivity index (χ0n) is 17.7. The standard InChI is InChI=1S/C20H18ClN7O4S/c1-9(29)6-27-19(31)15-16(26-20(27)32)23-8-28(15)11(3)17(30)24-14-7-33-18(25-14)12-4-13(21)10(2)22-5-12/h4-5,7-8,11H,6H2,1-3H3,(H,24,30)(H,26,32)/t11-/m0/s1. The van der Waals surface area contributed by atoms with E-state index < -0.39 is 23.2 Å². The molecule has 1 amide bonds. The number of carbonyl (C=O) groups is 2. The number of pyridine rings is 1. The van der Waals surface area contributed by atoms with Crippen molar-refractivity contribution < 1.29 is 9.59 Å². The van der Waals surface area contributed by atoms with Gasteiger partial charge < -0.3 is 9.88 Å². The first-order valence-corrected chi connectivity index (χ1v) is 11.0. The molecule has 1 atom stereocenters. The number of hydrogen-bond donors (Lipinski definition) is 2. The van der Waals surface area contributed by atoms with Gasteiger partial charge in [0.25, 0.3) is 5.56 Å². The van der Waals surface area contributed by atoms with Crippen molar-refractivity contribution in [1.82, 2.24) is 29.1 Å². The number of halogens is 1. The van der Waals surface area contributed by atoms with Gasteiger partial charge in [-0.2, -0.15) is 0 Å². The van der Waals surface area contributed by atoms with Crippen molar-refractivity contribution in [3.8, 4) is 10.6 Å². The molecular formula is C20H18ClN7O4S. The van der Waals surface area contributed by atoms with E-state index in [1.807, 2.05) is 0 Å². The molecule has 0 unspecified atom stereocenters. The van der Waals surface area contributed by atoms with E-state index in [-0.39, 0.29) is 23.5 Å². The quantitative estimate of drug-likeness (QED) is 0.424. The summed E-state index contributed by atoms with van der Waals surface area (Å²) >= 11 is 7.44. The summed E-state index contributed by atoms with van der Waals surface area (Å²) in [7, 11) is 0. The third-order valence-electron chi connectivity index (χ3n) is 4.92. The molecule has 0 aromatic carbocycles. The molecule has 13 heteroatoms. The third kappa shape index (κ3) is 4.34. The highest BCUT2D eigenvalue weighted by Crippen LogP contribution is 2.28. The van der Waals surface area contributed by atoms with E-state index in [4.69, 9.17) is 11.6 Å². The van der Waals surface area contributed by atoms with Crippen LogP contribution in [0.5, 0.6) is 0 Å². The number of H-pyrrole nitrogens is 1. The maximum Gasteiger partial charge on any atom is 0.330 e. The summed E-state index contributed by atoms with van der Waals surface area (Å²) in [6.45, 7) is 4.26. The Kier molecular flexibility index (Phi) is 5.95. The fourth-order valence-electron chi connectivity index (χ4n) is 3.16. The molecule has 0 radical (unpaired) electrons. The molecule has 0 aliphatic heterocycles. The van der Waals surface area contributed by atoms with Crippen LogP contribution in [0.15, 0.2) is 33.6 Å². The van der Waals surface area contributed by atoms with Gasteiger partial charge in [0.2, 0.25) is 5.91 Å². The number of amides is 1. The highest BCUT2D eigenvalue weighted by atomic mass is 35.5. The van der Waals surface area contributed by atoms with E-state index in [9.17, 15) is 19.2 Å². The summed E-state index contributed by atoms with van der Waals surface area (Å²) in [6, 6.07) is 0.890. The summed E-state index contributed by atoms with van der Waals surface area (Å²) in [5.41, 5.74) is 0.0175. The molecule has 0 spiro atoms. The van der Waals surface area contributed by atoms with Crippen LogP contribution in [0.3, 0.4) is 0 Å². The number of nitrogens with one attached hydrogen (secondary N) is 2. The summed E-state index contributed by atoms with van der Waals surface area (Å²) in [5.74, 6) is -0.478. The Labute approximate surface area is 195 Å². The number of hydrogen-bond acceptors (Lipinski definition) is 8. The van der Waals surface area contributed by atoms with Crippen LogP contribution < -0.4 is 16.6 Å². The number of Topliss-reactive ketones (excluding diaryl/α,β-unsaturated/α-hetero) is 1. The molecular weight excluding hydrogens is 470 g/mol. The molecule has 170 valence electrons. The SMILES string of the molecule is CC(=O)Cn1c(=O)[nH]c2ncn([C@@H](C)C(=O)Nc3csc(-c4cnc(C)c(Cl)c4)n3)c2c1=O. The van der Waals surface area contributed by atoms with Crippen molar-refractivity contribution in [3.63, 3.8) is 0 Å². The molecule has 0 aliphatic rings. The first-order valence-electron chi connectivity index (χ1n) is 9.73. The summed E-state index contributed by atoms with van der Waals surface area (Å²) in [4.78, 5) is 64.4. The van der Waals surface area contributed by atoms with E-state index in [0.717, 1.165) is 10.1 Å². The van der Waals surface area contributed by atoms with Gasteiger partial charge in [0, 0.05) is 17.1 Å². The van der Waals surface area contributed by atoms with Crippen molar-refractivity contribution in [2.24, 2.45) is 0 Å². The first kappa shape index (κ1) is 22.6. The lowest BCUT2D eigenvalue weighted by atomic mass is 10.2. The van der Waals surface area contributed by atoms with Crippen molar-refractivity contribution in [1.29, 1.82) is 0 Å². The molecule has 0 bridgehead atoms. The molecule has 11 nitrogen and oxygen atoms in total. The fraction of sp³-hybridized carbons (Fsp3) is 0.250. The Hall–Kier alpha value is -3.64. The normalized spacial score (nSPS) is 12.1. The summed E-state index contributed by atoms with van der Waals surface area (Å²) in [6.07, 6.45) is 2.94. The van der Waals surface area contributed by atoms with Crippen LogP contribution in [-0.2, 0) is 16.1 Å². The number of rotatable bonds is 6. The van der Waals surface area contributed by atoms with Crippen LogP contribution in [0.2, 0.25) is 5.02 Å². The number of fused-ring (bicyclic) bond motifs is 1. The van der Waals surface area contributed by atoms with E-state index in [0.29, 0.717) is 21.5 Å². The van der Waals surface area contributed by atoms with Gasteiger partial charge in [0.15, 0.2) is 11.2 Å². The van der Waals surface area contributed by atoms with E-state index in [1.165, 1.54) is 29.2 Å². The molecule has 4 rings (SSSR count). The predicted molar refractivity (Wildman–Crippen MR) is 124 cm³/mol. The van der Waals surface area contributed by atoms with Crippen molar-refractivity contribution in [2.75, 3.05) is 5.32 Å². The monoisotopic (exact) mass is 487 g/mol. The largest absolute Gasteiger partial charge is 0.330 e. The molecule has 4 aromatic heterocycles. The van der Waals surface area contributed by atoms with Gasteiger partial charge in [-0.25, -0.2) is 14.8 Å². The van der Waals surface area contributed by atoms with Crippen molar-refractivity contribution in [2.45, 2.75) is 33.4 Å². The highest BCUT2D eigenvalue weighted by Gasteiger charge is 2.22. The Morgan fingerprint density at radius 1 is 1.30 bits per heavy atom. The van der Waals surface area contributed by atoms with Crippen LogP contribution in [0.25, 0.3) is 21.7 Å². The zero-order valence-corrected chi connectivity index (χ0v) is 19.3.